The van der Waals surface area contributed by atoms with Gasteiger partial charge in [0.05, 0.1) is 5.69 Å². The maximum Gasteiger partial charge on any atom is 0.319 e. The Kier molecular flexibility index (Phi) is 5.29. The molecule has 0 atom stereocenters. The van der Waals surface area contributed by atoms with Crippen molar-refractivity contribution in [1.82, 2.24) is 10.6 Å². The van der Waals surface area contributed by atoms with Crippen molar-refractivity contribution < 1.29 is 13.6 Å². The van der Waals surface area contributed by atoms with Crippen molar-refractivity contribution in [2.75, 3.05) is 25.0 Å². The van der Waals surface area contributed by atoms with Crippen molar-refractivity contribution in [2.24, 2.45) is 5.92 Å². The minimum atomic E-state index is -0.779. The lowest BCUT2D eigenvalue weighted by Gasteiger charge is -2.22. The molecule has 0 saturated carbocycles. The number of benzene rings is 1. The fourth-order valence-electron chi connectivity index (χ4n) is 2.32. The zero-order valence-electron chi connectivity index (χ0n) is 11.2. The quantitative estimate of drug-likeness (QED) is 0.795. The van der Waals surface area contributed by atoms with Gasteiger partial charge in [-0.3, -0.25) is 0 Å². The van der Waals surface area contributed by atoms with Gasteiger partial charge in [0.15, 0.2) is 0 Å². The lowest BCUT2D eigenvalue weighted by atomic mass is 9.95. The number of hydrogen-bond donors (Lipinski definition) is 3. The van der Waals surface area contributed by atoms with Gasteiger partial charge in [-0.1, -0.05) is 0 Å². The van der Waals surface area contributed by atoms with Crippen LogP contribution in [0.4, 0.5) is 19.3 Å². The Balaban J connectivity index is 1.72. The standard InChI is InChI=1S/C14H19F2N3O/c15-11-1-2-13(12(16)9-11)19-14(20)18-8-5-10-3-6-17-7-4-10/h1-2,9-10,17H,3-8H2,(H2,18,19,20). The number of nitrogens with one attached hydrogen (secondary N) is 3. The normalized spacial score (nSPS) is 15.9. The van der Waals surface area contributed by atoms with E-state index in [0.29, 0.717) is 12.5 Å². The average molecular weight is 283 g/mol. The highest BCUT2D eigenvalue weighted by atomic mass is 19.1. The van der Waals surface area contributed by atoms with Crippen molar-refractivity contribution >= 4 is 11.7 Å². The predicted molar refractivity (Wildman–Crippen MR) is 73.6 cm³/mol. The molecule has 1 aliphatic heterocycles. The summed E-state index contributed by atoms with van der Waals surface area (Å²) in [6.07, 6.45) is 3.16. The van der Waals surface area contributed by atoms with Crippen molar-refractivity contribution in [3.8, 4) is 0 Å². The highest BCUT2D eigenvalue weighted by Gasteiger charge is 2.13. The number of amides is 2. The van der Waals surface area contributed by atoms with Gasteiger partial charge in [0, 0.05) is 12.6 Å². The smallest absolute Gasteiger partial charge is 0.319 e. The minimum absolute atomic E-state index is 0.0224. The Morgan fingerprint density at radius 2 is 2.05 bits per heavy atom. The van der Waals surface area contributed by atoms with Crippen LogP contribution in [0, 0.1) is 17.6 Å². The van der Waals surface area contributed by atoms with Gasteiger partial charge in [0.2, 0.25) is 0 Å². The van der Waals surface area contributed by atoms with Crippen LogP contribution >= 0.6 is 0 Å². The predicted octanol–water partition coefficient (Wildman–Crippen LogP) is 2.48. The highest BCUT2D eigenvalue weighted by Crippen LogP contribution is 2.16. The number of hydrogen-bond acceptors (Lipinski definition) is 2. The summed E-state index contributed by atoms with van der Waals surface area (Å²) in [7, 11) is 0. The number of halogens is 2. The van der Waals surface area contributed by atoms with Crippen LogP contribution in [0.3, 0.4) is 0 Å². The van der Waals surface area contributed by atoms with Crippen LogP contribution in [-0.2, 0) is 0 Å². The van der Waals surface area contributed by atoms with E-state index in [2.05, 4.69) is 16.0 Å². The summed E-state index contributed by atoms with van der Waals surface area (Å²) in [5.41, 5.74) is -0.0224. The summed E-state index contributed by atoms with van der Waals surface area (Å²) in [4.78, 5) is 11.6. The second-order valence-electron chi connectivity index (χ2n) is 4.99. The number of carbonyl (C=O) groups is 1. The third-order valence-electron chi connectivity index (χ3n) is 3.48. The van der Waals surface area contributed by atoms with Crippen molar-refractivity contribution in [3.63, 3.8) is 0 Å². The van der Waals surface area contributed by atoms with Crippen LogP contribution in [0.5, 0.6) is 0 Å². The Labute approximate surface area is 116 Å². The van der Waals surface area contributed by atoms with Gasteiger partial charge in [-0.2, -0.15) is 0 Å². The van der Waals surface area contributed by atoms with Crippen LogP contribution < -0.4 is 16.0 Å². The first kappa shape index (κ1) is 14.7. The van der Waals surface area contributed by atoms with Gasteiger partial charge in [-0.15, -0.1) is 0 Å². The van der Waals surface area contributed by atoms with Crippen LogP contribution in [0.2, 0.25) is 0 Å². The first-order chi connectivity index (χ1) is 9.65. The van der Waals surface area contributed by atoms with Gasteiger partial charge in [0.1, 0.15) is 11.6 Å². The van der Waals surface area contributed by atoms with E-state index < -0.39 is 17.7 Å². The Bertz CT molecular complexity index is 462. The number of anilines is 1. The molecule has 0 spiro atoms. The van der Waals surface area contributed by atoms with Gasteiger partial charge < -0.3 is 16.0 Å². The molecule has 6 heteroatoms. The maximum absolute atomic E-state index is 13.3. The molecule has 1 heterocycles. The number of carbonyl (C=O) groups excluding carboxylic acids is 1. The van der Waals surface area contributed by atoms with Crippen molar-refractivity contribution in [3.05, 3.63) is 29.8 Å². The van der Waals surface area contributed by atoms with E-state index in [1.165, 1.54) is 6.07 Å². The van der Waals surface area contributed by atoms with E-state index in [9.17, 15) is 13.6 Å². The molecule has 1 saturated heterocycles. The molecule has 0 radical (unpaired) electrons. The Morgan fingerprint density at radius 3 is 2.75 bits per heavy atom. The maximum atomic E-state index is 13.3. The average Bonchev–Trinajstić information content (AvgIpc) is 2.43. The molecule has 2 rings (SSSR count). The first-order valence-electron chi connectivity index (χ1n) is 6.86. The molecule has 1 aromatic carbocycles. The second kappa shape index (κ2) is 7.19. The van der Waals surface area contributed by atoms with Crippen LogP contribution in [0.25, 0.3) is 0 Å². The molecular formula is C14H19F2N3O. The lowest BCUT2D eigenvalue weighted by Crippen LogP contribution is -2.33. The van der Waals surface area contributed by atoms with E-state index in [4.69, 9.17) is 0 Å². The third-order valence-corrected chi connectivity index (χ3v) is 3.48. The fourth-order valence-corrected chi connectivity index (χ4v) is 2.32. The van der Waals surface area contributed by atoms with Gasteiger partial charge in [-0.05, 0) is 50.4 Å². The number of rotatable bonds is 4. The van der Waals surface area contributed by atoms with E-state index in [-0.39, 0.29) is 5.69 Å². The summed E-state index contributed by atoms with van der Waals surface area (Å²) in [6, 6.07) is 2.58. The van der Waals surface area contributed by atoms with E-state index in [0.717, 1.165) is 44.5 Å². The van der Waals surface area contributed by atoms with Crippen molar-refractivity contribution in [1.29, 1.82) is 0 Å². The molecule has 3 N–H and O–H groups in total. The molecule has 1 aliphatic rings. The minimum Gasteiger partial charge on any atom is -0.338 e. The molecule has 1 aromatic rings. The number of urea groups is 1. The summed E-state index contributed by atoms with van der Waals surface area (Å²) in [5, 5.41) is 8.35. The zero-order valence-corrected chi connectivity index (χ0v) is 11.2. The third kappa shape index (κ3) is 4.45. The second-order valence-corrected chi connectivity index (χ2v) is 4.99. The topological polar surface area (TPSA) is 53.2 Å². The van der Waals surface area contributed by atoms with Crippen LogP contribution in [-0.4, -0.2) is 25.7 Å². The fraction of sp³-hybridized carbons (Fsp3) is 0.500. The monoisotopic (exact) mass is 283 g/mol. The summed E-state index contributed by atoms with van der Waals surface area (Å²) in [6.45, 7) is 2.61. The molecular weight excluding hydrogens is 264 g/mol. The molecule has 2 amide bonds. The molecule has 0 unspecified atom stereocenters. The molecule has 0 aromatic heterocycles. The van der Waals surface area contributed by atoms with E-state index in [1.807, 2.05) is 0 Å². The molecule has 20 heavy (non-hydrogen) atoms. The lowest BCUT2D eigenvalue weighted by molar-refractivity contribution is 0.250. The zero-order chi connectivity index (χ0) is 14.4. The molecule has 0 aliphatic carbocycles. The molecule has 4 nitrogen and oxygen atoms in total. The van der Waals surface area contributed by atoms with Crippen molar-refractivity contribution in [2.45, 2.75) is 19.3 Å². The first-order valence-corrected chi connectivity index (χ1v) is 6.86. The van der Waals surface area contributed by atoms with E-state index in [1.54, 1.807) is 0 Å². The largest absolute Gasteiger partial charge is 0.338 e. The van der Waals surface area contributed by atoms with Gasteiger partial charge in [-0.25, -0.2) is 13.6 Å². The Hall–Kier alpha value is -1.69. The SMILES string of the molecule is O=C(NCCC1CCNCC1)Nc1ccc(F)cc1F. The number of piperidine rings is 1. The molecule has 1 fully saturated rings. The Morgan fingerprint density at radius 1 is 1.30 bits per heavy atom. The van der Waals surface area contributed by atoms with Gasteiger partial charge in [0.25, 0.3) is 0 Å². The summed E-state index contributed by atoms with van der Waals surface area (Å²) >= 11 is 0. The summed E-state index contributed by atoms with van der Waals surface area (Å²) in [5.74, 6) is -0.822. The van der Waals surface area contributed by atoms with Gasteiger partial charge >= 0.3 is 6.03 Å². The van der Waals surface area contributed by atoms with Crippen LogP contribution in [0.1, 0.15) is 19.3 Å². The summed E-state index contributed by atoms with van der Waals surface area (Å²) < 4.78 is 26.1. The van der Waals surface area contributed by atoms with E-state index >= 15 is 0 Å². The van der Waals surface area contributed by atoms with Crippen LogP contribution in [0.15, 0.2) is 18.2 Å². The molecule has 110 valence electrons. The highest BCUT2D eigenvalue weighted by molar-refractivity contribution is 5.89. The molecule has 0 bridgehead atoms.